The highest BCUT2D eigenvalue weighted by molar-refractivity contribution is 7.92. The summed E-state index contributed by atoms with van der Waals surface area (Å²) >= 11 is 0. The predicted molar refractivity (Wildman–Crippen MR) is 111 cm³/mol. The highest BCUT2D eigenvalue weighted by atomic mass is 32.2. The molecule has 1 aliphatic heterocycles. The number of hydrogen-bond acceptors (Lipinski definition) is 4. The molecule has 0 aromatic heterocycles. The van der Waals surface area contributed by atoms with Crippen molar-refractivity contribution in [3.63, 3.8) is 0 Å². The number of hydrogen-bond donors (Lipinski definition) is 1. The van der Waals surface area contributed by atoms with E-state index in [1.54, 1.807) is 38.6 Å². The van der Waals surface area contributed by atoms with E-state index in [1.807, 2.05) is 25.1 Å². The fourth-order valence-corrected chi connectivity index (χ4v) is 5.31. The molecule has 0 bridgehead atoms. The van der Waals surface area contributed by atoms with E-state index in [0.29, 0.717) is 17.7 Å². The van der Waals surface area contributed by atoms with Crippen molar-refractivity contribution in [1.82, 2.24) is 0 Å². The number of nitrogens with zero attached hydrogens (tertiary/aromatic N) is 2. The Labute approximate surface area is 161 Å². The summed E-state index contributed by atoms with van der Waals surface area (Å²) < 4.78 is 28.6. The van der Waals surface area contributed by atoms with Gasteiger partial charge in [0.25, 0.3) is 10.0 Å². The third-order valence-corrected chi connectivity index (χ3v) is 6.78. The second-order valence-corrected chi connectivity index (χ2v) is 8.56. The minimum absolute atomic E-state index is 0.229. The summed E-state index contributed by atoms with van der Waals surface area (Å²) in [7, 11) is -2.09. The number of sulfonamides is 1. The Morgan fingerprint density at radius 1 is 1.19 bits per heavy atom. The Morgan fingerprint density at radius 3 is 2.70 bits per heavy atom. The molecule has 0 amide bonds. The number of aryl methyl sites for hydroxylation is 3. The third kappa shape index (κ3) is 3.67. The van der Waals surface area contributed by atoms with Gasteiger partial charge in [0.2, 0.25) is 0 Å². The second-order valence-electron chi connectivity index (χ2n) is 6.73. The summed E-state index contributed by atoms with van der Waals surface area (Å²) in [6.07, 6.45) is 4.77. The largest absolute Gasteiger partial charge is 0.304 e. The Balaban J connectivity index is 2.08. The number of fused-ring (bicyclic) bond motifs is 1. The van der Waals surface area contributed by atoms with E-state index in [9.17, 15) is 8.42 Å². The maximum absolute atomic E-state index is 13.5. The molecule has 6 heteroatoms. The zero-order valence-electron chi connectivity index (χ0n) is 15.9. The van der Waals surface area contributed by atoms with Crippen LogP contribution in [0.25, 0.3) is 0 Å². The molecule has 0 atom stereocenters. The van der Waals surface area contributed by atoms with Gasteiger partial charge in [-0.25, -0.2) is 8.42 Å². The van der Waals surface area contributed by atoms with Gasteiger partial charge in [0.15, 0.2) is 0 Å². The normalized spacial score (nSPS) is 14.4. The van der Waals surface area contributed by atoms with Crippen molar-refractivity contribution in [3.8, 4) is 0 Å². The van der Waals surface area contributed by atoms with Crippen molar-refractivity contribution in [1.29, 1.82) is 5.41 Å². The van der Waals surface area contributed by atoms with Crippen molar-refractivity contribution in [2.45, 2.75) is 31.6 Å². The van der Waals surface area contributed by atoms with Gasteiger partial charge >= 0.3 is 0 Å². The van der Waals surface area contributed by atoms with Crippen LogP contribution in [0.5, 0.6) is 0 Å². The van der Waals surface area contributed by atoms with E-state index in [2.05, 4.69) is 4.99 Å². The van der Waals surface area contributed by atoms with Gasteiger partial charge in [-0.1, -0.05) is 30.3 Å². The van der Waals surface area contributed by atoms with E-state index in [0.717, 1.165) is 29.7 Å². The first-order valence-electron chi connectivity index (χ1n) is 8.92. The number of anilines is 1. The Bertz CT molecular complexity index is 1010. The maximum Gasteiger partial charge on any atom is 0.264 e. The quantitative estimate of drug-likeness (QED) is 0.801. The third-order valence-electron chi connectivity index (χ3n) is 4.84. The number of aliphatic imine (C=N–C) groups is 1. The van der Waals surface area contributed by atoms with Gasteiger partial charge in [0.05, 0.1) is 10.6 Å². The van der Waals surface area contributed by atoms with Gasteiger partial charge < -0.3 is 10.4 Å². The molecular formula is C21H24N3O2S. The van der Waals surface area contributed by atoms with Crippen molar-refractivity contribution < 1.29 is 8.42 Å². The highest BCUT2D eigenvalue weighted by Gasteiger charge is 2.31. The van der Waals surface area contributed by atoms with Gasteiger partial charge in [-0.3, -0.25) is 4.31 Å². The van der Waals surface area contributed by atoms with Gasteiger partial charge in [-0.15, -0.1) is 0 Å². The molecule has 1 radical (unpaired) electrons. The summed E-state index contributed by atoms with van der Waals surface area (Å²) in [5.41, 5.74) is 4.29. The monoisotopic (exact) mass is 382 g/mol. The second kappa shape index (κ2) is 7.64. The van der Waals surface area contributed by atoms with Crippen molar-refractivity contribution in [2.24, 2.45) is 4.99 Å². The van der Waals surface area contributed by atoms with Crippen LogP contribution in [0.4, 0.5) is 5.69 Å². The zero-order chi connectivity index (χ0) is 19.6. The summed E-state index contributed by atoms with van der Waals surface area (Å²) in [6.45, 7) is 4.21. The van der Waals surface area contributed by atoms with Crippen LogP contribution in [0.2, 0.25) is 0 Å². The molecule has 2 aromatic rings. The smallest absolute Gasteiger partial charge is 0.264 e. The lowest BCUT2D eigenvalue weighted by atomic mass is 10.0. The maximum atomic E-state index is 13.5. The average Bonchev–Trinajstić information content (AvgIpc) is 2.66. The summed E-state index contributed by atoms with van der Waals surface area (Å²) in [6, 6.07) is 11.1. The lowest BCUT2D eigenvalue weighted by molar-refractivity contribution is 0.585. The molecule has 0 spiro atoms. The van der Waals surface area contributed by atoms with E-state index in [4.69, 9.17) is 5.41 Å². The van der Waals surface area contributed by atoms with Gasteiger partial charge in [-0.05, 0) is 55.0 Å². The molecule has 0 saturated heterocycles. The molecule has 1 N–H and O–H groups in total. The molecule has 1 heterocycles. The lowest BCUT2D eigenvalue weighted by Gasteiger charge is -2.32. The minimum Gasteiger partial charge on any atom is -0.304 e. The number of para-hydroxylation sites is 1. The van der Waals surface area contributed by atoms with Gasteiger partial charge in [-0.2, -0.15) is 0 Å². The van der Waals surface area contributed by atoms with E-state index in [1.165, 1.54) is 10.5 Å². The first-order chi connectivity index (χ1) is 12.9. The molecule has 1 aliphatic rings. The topological polar surface area (TPSA) is 73.6 Å². The molecule has 141 valence electrons. The number of rotatable bonds is 5. The molecule has 0 fully saturated rings. The van der Waals surface area contributed by atoms with Crippen LogP contribution in [-0.2, 0) is 16.4 Å². The Morgan fingerprint density at radius 2 is 1.96 bits per heavy atom. The van der Waals surface area contributed by atoms with Crippen LogP contribution in [0.1, 0.15) is 28.7 Å². The Hall–Kier alpha value is -2.47. The van der Waals surface area contributed by atoms with Crippen molar-refractivity contribution >= 4 is 27.6 Å². The zero-order valence-corrected chi connectivity index (χ0v) is 16.7. The van der Waals surface area contributed by atoms with Crippen molar-refractivity contribution in [2.75, 3.05) is 17.9 Å². The predicted octanol–water partition coefficient (Wildman–Crippen LogP) is 3.72. The van der Waals surface area contributed by atoms with Crippen LogP contribution in [0.3, 0.4) is 0 Å². The standard InChI is InChI=1S/C21H24N3O2S/c1-15-9-10-18(19(22)11-12-23-3)14-20(15)27(25,26)24-13-5-8-17-7-4-6-16(2)21(17)24/h4,6-7,9-12,14,22H,5,8,13H2,1-3H3. The summed E-state index contributed by atoms with van der Waals surface area (Å²) in [5, 5.41) is 8.15. The van der Waals surface area contributed by atoms with Crippen LogP contribution in [0, 0.1) is 25.7 Å². The van der Waals surface area contributed by atoms with E-state index in [-0.39, 0.29) is 10.6 Å². The van der Waals surface area contributed by atoms with Crippen LogP contribution < -0.4 is 4.31 Å². The molecular weight excluding hydrogens is 358 g/mol. The van der Waals surface area contributed by atoms with Crippen molar-refractivity contribution in [3.05, 3.63) is 65.1 Å². The van der Waals surface area contributed by atoms with E-state index < -0.39 is 10.0 Å². The van der Waals surface area contributed by atoms with Crippen LogP contribution in [-0.4, -0.2) is 33.9 Å². The number of benzene rings is 2. The molecule has 0 aliphatic carbocycles. The SMILES string of the molecule is CN=C[CH]C(=N)c1ccc(C)c(S(=O)(=O)N2CCCc3cccc(C)c32)c1. The summed E-state index contributed by atoms with van der Waals surface area (Å²) in [5.74, 6) is 0. The highest BCUT2D eigenvalue weighted by Crippen LogP contribution is 2.35. The molecule has 2 aromatic carbocycles. The molecule has 3 rings (SSSR count). The first-order valence-corrected chi connectivity index (χ1v) is 10.4. The molecule has 0 saturated carbocycles. The number of nitrogens with one attached hydrogen (secondary N) is 1. The fourth-order valence-electron chi connectivity index (χ4n) is 3.45. The van der Waals surface area contributed by atoms with E-state index >= 15 is 0 Å². The first kappa shape index (κ1) is 19.3. The molecule has 5 nitrogen and oxygen atoms in total. The van der Waals surface area contributed by atoms with Crippen LogP contribution in [0.15, 0.2) is 46.3 Å². The lowest BCUT2D eigenvalue weighted by Crippen LogP contribution is -2.36. The molecule has 27 heavy (non-hydrogen) atoms. The molecule has 0 unspecified atom stereocenters. The fraction of sp³-hybridized carbons (Fsp3) is 0.286. The summed E-state index contributed by atoms with van der Waals surface area (Å²) in [4.78, 5) is 4.10. The van der Waals surface area contributed by atoms with Gasteiger partial charge in [0, 0.05) is 31.9 Å². The minimum atomic E-state index is -3.72. The average molecular weight is 383 g/mol. The van der Waals surface area contributed by atoms with Gasteiger partial charge in [0.1, 0.15) is 0 Å². The Kier molecular flexibility index (Phi) is 5.46. The van der Waals surface area contributed by atoms with Crippen LogP contribution >= 0.6 is 0 Å².